The number of aromatic amines is 1. The Bertz CT molecular complexity index is 5410. The van der Waals surface area contributed by atoms with Crippen LogP contribution in [0.15, 0.2) is 181 Å². The van der Waals surface area contributed by atoms with Crippen molar-refractivity contribution in [2.45, 2.75) is 54.7 Å². The number of fused-ring (bicyclic) bond motifs is 3. The number of nitrogens with zero attached hydrogens (tertiary/aromatic N) is 11. The minimum absolute atomic E-state index is 0.158. The average molecular weight is 1520 g/mol. The molecule has 14 rings (SSSR count). The van der Waals surface area contributed by atoms with Crippen LogP contribution in [-0.2, 0) is 65.0 Å². The molecule has 14 aromatic rings. The van der Waals surface area contributed by atoms with E-state index in [9.17, 15) is 34.8 Å². The average Bonchev–Trinajstić information content (AvgIpc) is 1.64. The molecule has 0 unspecified atom stereocenters. The van der Waals surface area contributed by atoms with E-state index in [0.717, 1.165) is 70.8 Å². The maximum Gasteiger partial charge on any atom is 0.269 e. The molecule has 32 heteroatoms. The van der Waals surface area contributed by atoms with Crippen LogP contribution in [-0.4, -0.2) is 80.9 Å². The van der Waals surface area contributed by atoms with E-state index in [-0.39, 0.29) is 32.6 Å². The molecule has 12 aromatic heterocycles. The van der Waals surface area contributed by atoms with Gasteiger partial charge in [-0.05, 0) is 101 Å². The molecule has 18 nitrogen and oxygen atoms in total. The Morgan fingerprint density at radius 2 is 0.907 bits per heavy atom. The van der Waals surface area contributed by atoms with Crippen LogP contribution in [0.4, 0.5) is 18.3 Å². The number of pyridine rings is 6. The highest BCUT2D eigenvalue weighted by Crippen LogP contribution is 2.36. The Labute approximate surface area is 593 Å². The van der Waals surface area contributed by atoms with Gasteiger partial charge < -0.3 is 10.7 Å². The van der Waals surface area contributed by atoms with Crippen molar-refractivity contribution in [1.82, 2.24) is 57.8 Å². The third-order valence-electron chi connectivity index (χ3n) is 14.3. The zero-order chi connectivity index (χ0) is 68.5. The Kier molecular flexibility index (Phi) is 22.5. The van der Waals surface area contributed by atoms with Crippen LogP contribution < -0.4 is 5.73 Å². The van der Waals surface area contributed by atoms with Crippen molar-refractivity contribution in [2.24, 2.45) is 0 Å². The largest absolute Gasteiger partial charge is 0.375 e. The highest BCUT2D eigenvalue weighted by Gasteiger charge is 2.26. The van der Waals surface area contributed by atoms with Crippen LogP contribution in [0.5, 0.6) is 0 Å². The number of aryl methyl sites for hydroxylation is 4. The van der Waals surface area contributed by atoms with Gasteiger partial charge in [0.15, 0.2) is 22.7 Å². The molecule has 0 saturated heterocycles. The predicted octanol–water partition coefficient (Wildman–Crippen LogP) is 16.4. The maximum absolute atomic E-state index is 13.4. The number of H-pyrrole nitrogens is 1. The molecule has 0 bridgehead atoms. The number of aromatic nitrogens is 12. The third-order valence-corrected chi connectivity index (χ3v) is 22.6. The molecule has 0 atom stereocenters. The van der Waals surface area contributed by atoms with E-state index in [2.05, 4.69) is 49.8 Å². The number of rotatable bonds is 17. The second kappa shape index (κ2) is 31.1. The summed E-state index contributed by atoms with van der Waals surface area (Å²) in [5.74, 6) is -1.19. The van der Waals surface area contributed by atoms with Crippen molar-refractivity contribution in [1.29, 1.82) is 0 Å². The van der Waals surface area contributed by atoms with E-state index in [0.29, 0.717) is 114 Å². The van der Waals surface area contributed by atoms with Gasteiger partial charge in [-0.1, -0.05) is 106 Å². The first kappa shape index (κ1) is 70.1. The van der Waals surface area contributed by atoms with Crippen LogP contribution >= 0.6 is 104 Å². The van der Waals surface area contributed by atoms with Crippen molar-refractivity contribution in [3.8, 4) is 0 Å². The van der Waals surface area contributed by atoms with E-state index in [1.165, 1.54) is 91.8 Å². The number of carbonyl (C=O) groups is 1. The van der Waals surface area contributed by atoms with Crippen LogP contribution in [0.3, 0.4) is 0 Å². The standard InChI is InChI=1S/C24H17Cl2FN4O2S2.C18H13Cl2FN4S.C17H12Cl2N4O2S2.C6H4FNO/c25-17-10-20-16(14-31(24(20)29-12-17)35(32,33)19-4-2-1-3-5-19)9-21-23(26)30-22(34-21)7-6-15-8-18(27)13-28-11-15;19-12-5-14-11(7-23-18(14)24-8-12)4-15-17(20)25-16(26-15)2-1-10-3-13(21)9-22-6-10;18-11-7-13-10(6-14-15(19)22-17(20)26-14)9-23(16(13)21-8-11)27(24,25)12-4-2-1-3-5-12;7-6-1-5(4-9)2-8-3-6/h1-5,8,10-14H,6-7,9H2;3,5-9H,1-2,4H2,(H,23,24);1-5,7-9H,6H2,(H2,20,22);1-4H. The van der Waals surface area contributed by atoms with Gasteiger partial charge in [-0.15, -0.1) is 34.0 Å². The van der Waals surface area contributed by atoms with E-state index < -0.39 is 25.9 Å². The van der Waals surface area contributed by atoms with Gasteiger partial charge in [0, 0.05) is 119 Å². The number of benzene rings is 2. The smallest absolute Gasteiger partial charge is 0.269 e. The summed E-state index contributed by atoms with van der Waals surface area (Å²) in [7, 11) is -7.68. The summed E-state index contributed by atoms with van der Waals surface area (Å²) in [4.78, 5) is 52.8. The lowest BCUT2D eigenvalue weighted by molar-refractivity contribution is 0.112. The zero-order valence-electron chi connectivity index (χ0n) is 49.7. The van der Waals surface area contributed by atoms with Gasteiger partial charge in [0.2, 0.25) is 0 Å². The highest BCUT2D eigenvalue weighted by atomic mass is 35.5. The molecule has 97 heavy (non-hydrogen) atoms. The normalized spacial score (nSPS) is 11.5. The lowest BCUT2D eigenvalue weighted by atomic mass is 10.1. The van der Waals surface area contributed by atoms with Gasteiger partial charge in [-0.3, -0.25) is 19.7 Å². The highest BCUT2D eigenvalue weighted by molar-refractivity contribution is 7.90. The third kappa shape index (κ3) is 17.2. The molecule has 0 spiro atoms. The van der Waals surface area contributed by atoms with E-state index in [1.807, 2.05) is 12.3 Å². The Balaban J connectivity index is 0.000000140. The van der Waals surface area contributed by atoms with E-state index in [4.69, 9.17) is 75.3 Å². The van der Waals surface area contributed by atoms with Gasteiger partial charge in [0.1, 0.15) is 38.6 Å². The molecule has 3 N–H and O–H groups in total. The molecule has 12 heterocycles. The monoisotopic (exact) mass is 1520 g/mol. The van der Waals surface area contributed by atoms with Crippen molar-refractivity contribution >= 4 is 168 Å². The van der Waals surface area contributed by atoms with E-state index in [1.54, 1.807) is 90.9 Å². The van der Waals surface area contributed by atoms with Gasteiger partial charge >= 0.3 is 0 Å². The minimum atomic E-state index is -3.87. The predicted molar refractivity (Wildman–Crippen MR) is 376 cm³/mol. The van der Waals surface area contributed by atoms with Crippen molar-refractivity contribution in [2.75, 3.05) is 5.73 Å². The van der Waals surface area contributed by atoms with Crippen molar-refractivity contribution in [3.63, 3.8) is 0 Å². The fourth-order valence-electron chi connectivity index (χ4n) is 9.82. The fraction of sp³-hybridized carbons (Fsp3) is 0.108. The molecule has 0 saturated carbocycles. The topological polar surface area (TPSA) is 253 Å². The minimum Gasteiger partial charge on any atom is -0.375 e. The number of halogens is 9. The Hall–Kier alpha value is -8.25. The number of hydrogen-bond donors (Lipinski definition) is 2. The summed E-state index contributed by atoms with van der Waals surface area (Å²) < 4.78 is 94.0. The number of nitrogens with two attached hydrogens (primary N) is 1. The number of carbonyl (C=O) groups excluding carboxylic acids is 1. The molecule has 0 fully saturated rings. The van der Waals surface area contributed by atoms with Gasteiger partial charge in [0.05, 0.1) is 58.3 Å². The first-order chi connectivity index (χ1) is 46.6. The molecule has 494 valence electrons. The lowest BCUT2D eigenvalue weighted by Crippen LogP contribution is -2.12. The summed E-state index contributed by atoms with van der Waals surface area (Å²) in [5.41, 5.74) is 11.5. The molecular formula is C65H46Cl6F3N13O5S5. The van der Waals surface area contributed by atoms with Gasteiger partial charge in [-0.25, -0.2) is 67.9 Å². The molecule has 0 aliphatic rings. The SMILES string of the molecule is Fc1cncc(CCc2nc(Cl)c(Cc3c[nH]c4ncc(Cl)cc34)s2)c1.Nc1nc(Cl)c(Cc2cn(S(=O)(=O)c3ccccc3)c3ncc(Cl)cc23)s1.O=Cc1cncc(F)c1.O=S(=O)(c1ccccc1)n1cc(Cc2sc(CCc3cncc(F)c3)nc2Cl)c2cc(Cl)cnc21. The summed E-state index contributed by atoms with van der Waals surface area (Å²) in [6, 6.07) is 25.7. The lowest BCUT2D eigenvalue weighted by Gasteiger charge is -2.06. The van der Waals surface area contributed by atoms with Crippen molar-refractivity contribution < 1.29 is 34.8 Å². The molecule has 0 amide bonds. The van der Waals surface area contributed by atoms with Crippen LogP contribution in [0.1, 0.15) is 62.8 Å². The number of anilines is 1. The first-order valence-electron chi connectivity index (χ1n) is 28.6. The van der Waals surface area contributed by atoms with Gasteiger partial charge in [-0.2, -0.15) is 0 Å². The van der Waals surface area contributed by atoms with Crippen LogP contribution in [0.25, 0.3) is 33.1 Å². The zero-order valence-corrected chi connectivity index (χ0v) is 58.3. The maximum atomic E-state index is 13.4. The number of aldehydes is 1. The molecular weight excluding hydrogens is 1470 g/mol. The second-order valence-corrected chi connectivity index (χ2v) is 30.4. The number of hydrogen-bond acceptors (Lipinski definition) is 18. The van der Waals surface area contributed by atoms with Gasteiger partial charge in [0.25, 0.3) is 20.0 Å². The molecule has 2 aromatic carbocycles. The first-order valence-corrected chi connectivity index (χ1v) is 36.1. The molecule has 0 radical (unpaired) electrons. The van der Waals surface area contributed by atoms with Crippen LogP contribution in [0.2, 0.25) is 30.5 Å². The fourth-order valence-corrected chi connectivity index (χ4v) is 16.7. The Morgan fingerprint density at radius 3 is 1.34 bits per heavy atom. The Morgan fingerprint density at radius 1 is 0.485 bits per heavy atom. The second-order valence-electron chi connectivity index (χ2n) is 21.0. The number of nitrogens with one attached hydrogen (secondary N) is 1. The quantitative estimate of drug-likeness (QED) is 0.0804. The van der Waals surface area contributed by atoms with E-state index >= 15 is 0 Å². The molecule has 0 aliphatic heterocycles. The van der Waals surface area contributed by atoms with Crippen molar-refractivity contribution in [3.05, 3.63) is 277 Å². The van der Waals surface area contributed by atoms with Crippen LogP contribution in [0, 0.1) is 17.5 Å². The molecule has 0 aliphatic carbocycles. The number of thiazole rings is 3. The number of nitrogen functional groups attached to an aromatic ring is 1. The summed E-state index contributed by atoms with van der Waals surface area (Å²) in [6.45, 7) is 0. The summed E-state index contributed by atoms with van der Waals surface area (Å²) in [5, 5.41) is 6.87. The summed E-state index contributed by atoms with van der Waals surface area (Å²) >= 11 is 41.5. The summed E-state index contributed by atoms with van der Waals surface area (Å²) in [6.07, 6.45) is 21.9.